The summed E-state index contributed by atoms with van der Waals surface area (Å²) in [6, 6.07) is 20.2. The van der Waals surface area contributed by atoms with Crippen LogP contribution in [0.3, 0.4) is 0 Å². The number of aromatic nitrogens is 1. The Hall–Kier alpha value is -3.93. The van der Waals surface area contributed by atoms with E-state index in [0.29, 0.717) is 28.4 Å². The van der Waals surface area contributed by atoms with Gasteiger partial charge in [0.15, 0.2) is 0 Å². The van der Waals surface area contributed by atoms with Crippen LogP contribution < -0.4 is 9.64 Å². The number of hydrogen-bond donors (Lipinski definition) is 1. The van der Waals surface area contributed by atoms with E-state index < -0.39 is 17.7 Å². The van der Waals surface area contributed by atoms with E-state index in [9.17, 15) is 14.7 Å². The van der Waals surface area contributed by atoms with Gasteiger partial charge in [0.1, 0.15) is 17.3 Å². The molecule has 6 nitrogen and oxygen atoms in total. The van der Waals surface area contributed by atoms with Crippen molar-refractivity contribution in [3.8, 4) is 5.75 Å². The quantitative estimate of drug-likeness (QED) is 0.406. The van der Waals surface area contributed by atoms with Gasteiger partial charge in [-0.05, 0) is 36.8 Å². The number of Topliss-reactive ketones (excluding diaryl/α,β-unsaturated/α-hetero) is 1. The van der Waals surface area contributed by atoms with Crippen LogP contribution in [0, 0.1) is 6.92 Å². The number of methoxy groups -OCH3 is 1. The highest BCUT2D eigenvalue weighted by Gasteiger charge is 2.47. The predicted octanol–water partition coefficient (Wildman–Crippen LogP) is 4.02. The number of nitrogens with zero attached hydrogens (tertiary/aromatic N) is 2. The molecular formula is C24H20N2O4. The number of aliphatic hydroxyl groups is 1. The van der Waals surface area contributed by atoms with E-state index >= 15 is 0 Å². The second kappa shape index (κ2) is 7.83. The monoisotopic (exact) mass is 400 g/mol. The van der Waals surface area contributed by atoms with E-state index in [2.05, 4.69) is 4.98 Å². The molecule has 1 fully saturated rings. The smallest absolute Gasteiger partial charge is 0.301 e. The maximum Gasteiger partial charge on any atom is 0.301 e. The molecule has 2 heterocycles. The highest BCUT2D eigenvalue weighted by molar-refractivity contribution is 6.51. The summed E-state index contributed by atoms with van der Waals surface area (Å²) in [5, 5.41) is 11.0. The van der Waals surface area contributed by atoms with Crippen LogP contribution in [0.4, 0.5) is 5.82 Å². The number of rotatable bonds is 4. The number of ketones is 1. The summed E-state index contributed by atoms with van der Waals surface area (Å²) >= 11 is 0. The molecule has 0 spiro atoms. The Kier molecular flexibility index (Phi) is 5.06. The zero-order valence-electron chi connectivity index (χ0n) is 16.6. The van der Waals surface area contributed by atoms with Gasteiger partial charge in [0.25, 0.3) is 5.78 Å². The maximum atomic E-state index is 13.0. The minimum Gasteiger partial charge on any atom is -0.507 e. The molecule has 0 radical (unpaired) electrons. The third kappa shape index (κ3) is 3.33. The zero-order chi connectivity index (χ0) is 21.3. The van der Waals surface area contributed by atoms with Gasteiger partial charge in [-0.25, -0.2) is 4.98 Å². The van der Waals surface area contributed by atoms with Crippen molar-refractivity contribution < 1.29 is 19.4 Å². The minimum atomic E-state index is -0.814. The van der Waals surface area contributed by atoms with Crippen molar-refractivity contribution in [2.75, 3.05) is 12.0 Å². The first kappa shape index (κ1) is 19.4. The zero-order valence-corrected chi connectivity index (χ0v) is 16.6. The average Bonchev–Trinajstić information content (AvgIpc) is 3.04. The molecule has 0 bridgehead atoms. The molecular weight excluding hydrogens is 380 g/mol. The highest BCUT2D eigenvalue weighted by atomic mass is 16.5. The van der Waals surface area contributed by atoms with Gasteiger partial charge in [0.2, 0.25) is 0 Å². The predicted molar refractivity (Wildman–Crippen MR) is 113 cm³/mol. The fraction of sp³-hybridized carbons (Fsp3) is 0.125. The molecule has 3 aromatic rings. The summed E-state index contributed by atoms with van der Waals surface area (Å²) < 4.78 is 5.22. The molecule has 0 saturated carbocycles. The van der Waals surface area contributed by atoms with Gasteiger partial charge >= 0.3 is 5.91 Å². The van der Waals surface area contributed by atoms with Crippen molar-refractivity contribution in [2.45, 2.75) is 13.0 Å². The Morgan fingerprint density at radius 2 is 1.67 bits per heavy atom. The first-order valence-corrected chi connectivity index (χ1v) is 9.45. The fourth-order valence-electron chi connectivity index (χ4n) is 3.58. The van der Waals surface area contributed by atoms with E-state index in [1.807, 2.05) is 19.1 Å². The van der Waals surface area contributed by atoms with E-state index in [1.165, 1.54) is 4.90 Å². The van der Waals surface area contributed by atoms with Crippen molar-refractivity contribution >= 4 is 23.3 Å². The first-order chi connectivity index (χ1) is 14.5. The topological polar surface area (TPSA) is 79.7 Å². The summed E-state index contributed by atoms with van der Waals surface area (Å²) in [7, 11) is 1.56. The van der Waals surface area contributed by atoms with E-state index in [1.54, 1.807) is 67.8 Å². The molecule has 1 N–H and O–H groups in total. The number of carbonyl (C=O) groups excluding carboxylic acids is 2. The molecule has 4 rings (SSSR count). The average molecular weight is 400 g/mol. The van der Waals surface area contributed by atoms with Crippen LogP contribution in [0.1, 0.15) is 22.9 Å². The van der Waals surface area contributed by atoms with Gasteiger partial charge < -0.3 is 9.84 Å². The Bertz CT molecular complexity index is 1140. The van der Waals surface area contributed by atoms with Gasteiger partial charge in [0, 0.05) is 11.3 Å². The molecule has 6 heteroatoms. The lowest BCUT2D eigenvalue weighted by Crippen LogP contribution is -2.30. The van der Waals surface area contributed by atoms with E-state index in [0.717, 1.165) is 0 Å². The molecule has 0 aliphatic carbocycles. The normalized spacial score (nSPS) is 17.9. The lowest BCUT2D eigenvalue weighted by Gasteiger charge is -2.24. The second-order valence-electron chi connectivity index (χ2n) is 6.95. The third-order valence-corrected chi connectivity index (χ3v) is 5.04. The Labute approximate surface area is 174 Å². The first-order valence-electron chi connectivity index (χ1n) is 9.45. The van der Waals surface area contributed by atoms with E-state index in [-0.39, 0.29) is 11.3 Å². The number of aryl methyl sites for hydroxylation is 1. The van der Waals surface area contributed by atoms with Gasteiger partial charge in [-0.15, -0.1) is 0 Å². The minimum absolute atomic E-state index is 0.0275. The number of hydrogen-bond acceptors (Lipinski definition) is 5. The van der Waals surface area contributed by atoms with Crippen LogP contribution in [0.5, 0.6) is 5.75 Å². The largest absolute Gasteiger partial charge is 0.507 e. The maximum absolute atomic E-state index is 13.0. The van der Waals surface area contributed by atoms with Gasteiger partial charge in [-0.2, -0.15) is 0 Å². The van der Waals surface area contributed by atoms with Gasteiger partial charge in [0.05, 0.1) is 18.7 Å². The van der Waals surface area contributed by atoms with Crippen molar-refractivity contribution in [3.63, 3.8) is 0 Å². The SMILES string of the molecule is COc1ccc([C@@H]2C(=C(O)c3ccccc3)C(=O)C(=O)N2c2cccc(C)n2)cc1. The van der Waals surface area contributed by atoms with E-state index in [4.69, 9.17) is 4.74 Å². The van der Waals surface area contributed by atoms with Gasteiger partial charge in [-0.1, -0.05) is 48.5 Å². The molecule has 1 atom stereocenters. The molecule has 30 heavy (non-hydrogen) atoms. The molecule has 150 valence electrons. The molecule has 0 unspecified atom stereocenters. The number of ether oxygens (including phenoxy) is 1. The molecule has 1 aliphatic rings. The Morgan fingerprint density at radius 1 is 0.967 bits per heavy atom. The summed E-state index contributed by atoms with van der Waals surface area (Å²) in [4.78, 5) is 31.8. The lowest BCUT2D eigenvalue weighted by molar-refractivity contribution is -0.132. The standard InChI is InChI=1S/C24H20N2O4/c1-15-7-6-10-19(25-15)26-21(16-11-13-18(30-2)14-12-16)20(23(28)24(26)29)22(27)17-8-4-3-5-9-17/h3-14,21,27H,1-2H3/t21-/m1/s1. The lowest BCUT2D eigenvalue weighted by atomic mass is 9.95. The Balaban J connectivity index is 1.94. The summed E-state index contributed by atoms with van der Waals surface area (Å²) in [5.74, 6) is -0.700. The van der Waals surface area contributed by atoms with Crippen LogP contribution in [-0.4, -0.2) is 28.9 Å². The fourth-order valence-corrected chi connectivity index (χ4v) is 3.58. The molecule has 1 saturated heterocycles. The number of pyridine rings is 1. The molecule has 1 aromatic heterocycles. The van der Waals surface area contributed by atoms with Crippen LogP contribution in [0.15, 0.2) is 78.4 Å². The summed E-state index contributed by atoms with van der Waals surface area (Å²) in [5.41, 5.74) is 1.87. The van der Waals surface area contributed by atoms with Crippen molar-refractivity contribution in [1.82, 2.24) is 4.98 Å². The number of carbonyl (C=O) groups is 2. The van der Waals surface area contributed by atoms with Crippen LogP contribution >= 0.6 is 0 Å². The molecule has 2 aromatic carbocycles. The number of anilines is 1. The third-order valence-electron chi connectivity index (χ3n) is 5.04. The van der Waals surface area contributed by atoms with Crippen molar-refractivity contribution in [3.05, 3.63) is 95.2 Å². The van der Waals surface area contributed by atoms with Crippen LogP contribution in [0.25, 0.3) is 5.76 Å². The Morgan fingerprint density at radius 3 is 2.30 bits per heavy atom. The van der Waals surface area contributed by atoms with Gasteiger partial charge in [-0.3, -0.25) is 14.5 Å². The summed E-state index contributed by atoms with van der Waals surface area (Å²) in [6.45, 7) is 1.81. The van der Waals surface area contributed by atoms with Crippen LogP contribution in [-0.2, 0) is 9.59 Å². The van der Waals surface area contributed by atoms with Crippen molar-refractivity contribution in [2.24, 2.45) is 0 Å². The van der Waals surface area contributed by atoms with Crippen molar-refractivity contribution in [1.29, 1.82) is 0 Å². The number of amides is 1. The van der Waals surface area contributed by atoms with Crippen LogP contribution in [0.2, 0.25) is 0 Å². The molecule has 1 amide bonds. The number of benzene rings is 2. The highest BCUT2D eigenvalue weighted by Crippen LogP contribution is 2.41. The number of aliphatic hydroxyl groups excluding tert-OH is 1. The second-order valence-corrected chi connectivity index (χ2v) is 6.95. The summed E-state index contributed by atoms with van der Waals surface area (Å²) in [6.07, 6.45) is 0. The molecule has 1 aliphatic heterocycles.